The summed E-state index contributed by atoms with van der Waals surface area (Å²) in [6.07, 6.45) is 3.99. The van der Waals surface area contributed by atoms with Crippen molar-refractivity contribution in [3.8, 4) is 11.5 Å². The van der Waals surface area contributed by atoms with Crippen molar-refractivity contribution in [2.24, 2.45) is 4.99 Å². The van der Waals surface area contributed by atoms with Gasteiger partial charge in [-0.15, -0.1) is 0 Å². The van der Waals surface area contributed by atoms with E-state index >= 15 is 0 Å². The van der Waals surface area contributed by atoms with Gasteiger partial charge in [-0.25, -0.2) is 24.3 Å². The van der Waals surface area contributed by atoms with Crippen molar-refractivity contribution in [3.05, 3.63) is 66.0 Å². The Morgan fingerprint density at radius 3 is 2.56 bits per heavy atom. The first-order chi connectivity index (χ1) is 11.9. The van der Waals surface area contributed by atoms with Crippen molar-refractivity contribution in [2.45, 2.75) is 13.8 Å². The number of rotatable bonds is 6. The molecule has 1 amide bonds. The van der Waals surface area contributed by atoms with Crippen LogP contribution in [-0.2, 0) is 0 Å². The van der Waals surface area contributed by atoms with Crippen LogP contribution in [0.5, 0.6) is 11.5 Å². The van der Waals surface area contributed by atoms with Gasteiger partial charge in [-0.3, -0.25) is 4.79 Å². The SMILES string of the molecule is C=N/C(=C\C(=C)F)NC(=O)c1cc(Oc2cnc(C)nc2)cc(C)n1. The fourth-order valence-corrected chi connectivity index (χ4v) is 1.83. The minimum Gasteiger partial charge on any atom is -0.454 e. The largest absolute Gasteiger partial charge is 0.454 e. The second-order valence-electron chi connectivity index (χ2n) is 4.99. The molecule has 0 saturated carbocycles. The number of hydrogen-bond donors (Lipinski definition) is 1. The van der Waals surface area contributed by atoms with Crippen LogP contribution in [0.1, 0.15) is 22.0 Å². The van der Waals surface area contributed by atoms with Gasteiger partial charge < -0.3 is 10.1 Å². The van der Waals surface area contributed by atoms with Crippen molar-refractivity contribution >= 4 is 12.6 Å². The predicted molar refractivity (Wildman–Crippen MR) is 91.2 cm³/mol. The summed E-state index contributed by atoms with van der Waals surface area (Å²) in [6.45, 7) is 9.80. The third kappa shape index (κ3) is 5.31. The Bertz CT molecular complexity index is 847. The third-order valence-corrected chi connectivity index (χ3v) is 2.86. The van der Waals surface area contributed by atoms with Crippen LogP contribution >= 0.6 is 0 Å². The molecule has 128 valence electrons. The molecule has 0 radical (unpaired) electrons. The van der Waals surface area contributed by atoms with Gasteiger partial charge in [0.1, 0.15) is 28.9 Å². The molecule has 2 aromatic heterocycles. The summed E-state index contributed by atoms with van der Waals surface area (Å²) in [5, 5.41) is 2.39. The van der Waals surface area contributed by atoms with Gasteiger partial charge in [-0.2, -0.15) is 0 Å². The van der Waals surface area contributed by atoms with Gasteiger partial charge in [-0.1, -0.05) is 6.58 Å². The monoisotopic (exact) mass is 341 g/mol. The molecule has 0 aromatic carbocycles. The standard InChI is InChI=1S/C17H16FN5O2/c1-10(18)5-16(19-4)23-17(24)15-7-13(6-11(2)22-15)25-14-8-20-12(3)21-9-14/h5-9H,1,4H2,2-3H3,(H,23,24)/b16-5+. The Labute approximate surface area is 144 Å². The first kappa shape index (κ1) is 17.9. The number of hydrogen-bond acceptors (Lipinski definition) is 6. The Kier molecular flexibility index (Phi) is 5.67. The van der Waals surface area contributed by atoms with E-state index in [1.807, 2.05) is 0 Å². The fourth-order valence-electron chi connectivity index (χ4n) is 1.83. The number of aryl methyl sites for hydroxylation is 2. The van der Waals surface area contributed by atoms with E-state index in [9.17, 15) is 9.18 Å². The van der Waals surface area contributed by atoms with Crippen molar-refractivity contribution in [1.82, 2.24) is 20.3 Å². The molecule has 0 aliphatic rings. The Morgan fingerprint density at radius 1 is 1.28 bits per heavy atom. The lowest BCUT2D eigenvalue weighted by molar-refractivity contribution is 0.0960. The van der Waals surface area contributed by atoms with Gasteiger partial charge >= 0.3 is 0 Å². The average molecular weight is 341 g/mol. The maximum absolute atomic E-state index is 12.8. The van der Waals surface area contributed by atoms with Crippen molar-refractivity contribution in [2.75, 3.05) is 0 Å². The van der Waals surface area contributed by atoms with Crippen LogP contribution in [0.4, 0.5) is 4.39 Å². The van der Waals surface area contributed by atoms with Gasteiger partial charge in [0, 0.05) is 23.9 Å². The van der Waals surface area contributed by atoms with Gasteiger partial charge in [0.15, 0.2) is 5.75 Å². The number of aliphatic imine (C=N–C) groups is 1. The van der Waals surface area contributed by atoms with E-state index in [4.69, 9.17) is 4.74 Å². The summed E-state index contributed by atoms with van der Waals surface area (Å²) in [6, 6.07) is 3.09. The normalized spacial score (nSPS) is 10.9. The number of allylic oxidation sites excluding steroid dienone is 2. The van der Waals surface area contributed by atoms with E-state index in [2.05, 4.69) is 38.6 Å². The fraction of sp³-hybridized carbons (Fsp3) is 0.118. The lowest BCUT2D eigenvalue weighted by Crippen LogP contribution is -2.23. The van der Waals surface area contributed by atoms with Crippen LogP contribution < -0.4 is 10.1 Å². The Morgan fingerprint density at radius 2 is 1.96 bits per heavy atom. The number of carbonyl (C=O) groups excluding carboxylic acids is 1. The van der Waals surface area contributed by atoms with Crippen molar-refractivity contribution < 1.29 is 13.9 Å². The first-order valence-electron chi connectivity index (χ1n) is 7.16. The number of pyridine rings is 1. The lowest BCUT2D eigenvalue weighted by atomic mass is 10.2. The Hall–Kier alpha value is -3.42. The number of nitrogens with one attached hydrogen (secondary N) is 1. The second-order valence-corrected chi connectivity index (χ2v) is 4.99. The van der Waals surface area contributed by atoms with Gasteiger partial charge in [-0.05, 0) is 20.6 Å². The van der Waals surface area contributed by atoms with Crippen LogP contribution in [0.25, 0.3) is 0 Å². The van der Waals surface area contributed by atoms with E-state index < -0.39 is 11.7 Å². The summed E-state index contributed by atoms with van der Waals surface area (Å²) in [4.78, 5) is 28.0. The molecule has 2 aromatic rings. The second kappa shape index (κ2) is 7.91. The summed E-state index contributed by atoms with van der Waals surface area (Å²) in [5.74, 6) is -0.00199. The zero-order chi connectivity index (χ0) is 18.4. The van der Waals surface area contributed by atoms with Gasteiger partial charge in [0.2, 0.25) is 0 Å². The number of aromatic nitrogens is 3. The van der Waals surface area contributed by atoms with E-state index in [0.29, 0.717) is 23.0 Å². The smallest absolute Gasteiger partial charge is 0.275 e. The van der Waals surface area contributed by atoms with E-state index in [1.165, 1.54) is 18.5 Å². The molecule has 0 spiro atoms. The summed E-state index contributed by atoms with van der Waals surface area (Å²) >= 11 is 0. The molecule has 0 saturated heterocycles. The zero-order valence-electron chi connectivity index (χ0n) is 13.8. The zero-order valence-corrected chi connectivity index (χ0v) is 13.8. The molecule has 25 heavy (non-hydrogen) atoms. The first-order valence-corrected chi connectivity index (χ1v) is 7.16. The average Bonchev–Trinajstić information content (AvgIpc) is 2.55. The van der Waals surface area contributed by atoms with Crippen molar-refractivity contribution in [1.29, 1.82) is 0 Å². The maximum Gasteiger partial charge on any atom is 0.275 e. The van der Waals surface area contributed by atoms with E-state index in [1.54, 1.807) is 19.9 Å². The highest BCUT2D eigenvalue weighted by atomic mass is 19.1. The number of carbonyl (C=O) groups is 1. The molecule has 2 heterocycles. The van der Waals surface area contributed by atoms with Crippen LogP contribution in [0.15, 0.2) is 53.8 Å². The summed E-state index contributed by atoms with van der Waals surface area (Å²) in [7, 11) is 0. The highest BCUT2D eigenvalue weighted by Gasteiger charge is 2.12. The molecular weight excluding hydrogens is 325 g/mol. The Balaban J connectivity index is 2.22. The summed E-state index contributed by atoms with van der Waals surface area (Å²) in [5.41, 5.74) is 0.629. The number of halogens is 1. The summed E-state index contributed by atoms with van der Waals surface area (Å²) < 4.78 is 18.5. The van der Waals surface area contributed by atoms with E-state index in [-0.39, 0.29) is 11.5 Å². The minimum absolute atomic E-state index is 0.0713. The molecule has 0 fully saturated rings. The lowest BCUT2D eigenvalue weighted by Gasteiger charge is -2.09. The number of nitrogens with zero attached hydrogens (tertiary/aromatic N) is 4. The molecule has 1 N–H and O–H groups in total. The molecule has 7 nitrogen and oxygen atoms in total. The molecule has 0 unspecified atom stereocenters. The molecule has 0 bridgehead atoms. The molecule has 8 heteroatoms. The number of ether oxygens (including phenoxy) is 1. The molecule has 0 atom stereocenters. The van der Waals surface area contributed by atoms with Crippen molar-refractivity contribution in [3.63, 3.8) is 0 Å². The van der Waals surface area contributed by atoms with Crippen LogP contribution in [-0.4, -0.2) is 27.6 Å². The topological polar surface area (TPSA) is 89.4 Å². The number of amides is 1. The molecule has 0 aliphatic heterocycles. The third-order valence-electron chi connectivity index (χ3n) is 2.86. The highest BCUT2D eigenvalue weighted by molar-refractivity contribution is 5.94. The quantitative estimate of drug-likeness (QED) is 0.644. The van der Waals surface area contributed by atoms with Crippen LogP contribution in [0.2, 0.25) is 0 Å². The van der Waals surface area contributed by atoms with Crippen LogP contribution in [0, 0.1) is 13.8 Å². The van der Waals surface area contributed by atoms with Crippen LogP contribution in [0.3, 0.4) is 0 Å². The van der Waals surface area contributed by atoms with E-state index in [0.717, 1.165) is 6.08 Å². The molecular formula is C17H16FN5O2. The predicted octanol–water partition coefficient (Wildman–Crippen LogP) is 3.04. The molecule has 0 aliphatic carbocycles. The molecule has 2 rings (SSSR count). The van der Waals surface area contributed by atoms with Gasteiger partial charge in [0.25, 0.3) is 5.91 Å². The van der Waals surface area contributed by atoms with Gasteiger partial charge in [0.05, 0.1) is 12.4 Å². The maximum atomic E-state index is 12.8. The highest BCUT2D eigenvalue weighted by Crippen LogP contribution is 2.21. The minimum atomic E-state index is -0.761.